The number of aromatic nitrogens is 3. The zero-order valence-corrected chi connectivity index (χ0v) is 12.5. The van der Waals surface area contributed by atoms with Crippen LogP contribution >= 0.6 is 11.3 Å². The lowest BCUT2D eigenvalue weighted by atomic mass is 10.2. The van der Waals surface area contributed by atoms with Crippen molar-refractivity contribution in [3.63, 3.8) is 0 Å². The maximum absolute atomic E-state index is 4.66. The minimum Gasteiger partial charge on any atom is -0.330 e. The van der Waals surface area contributed by atoms with Gasteiger partial charge < -0.3 is 9.88 Å². The molecule has 1 aromatic carbocycles. The van der Waals surface area contributed by atoms with E-state index in [1.165, 1.54) is 10.5 Å². The monoisotopic (exact) mass is 286 g/mol. The number of fused-ring (bicyclic) bond motifs is 1. The molecule has 20 heavy (non-hydrogen) atoms. The molecule has 0 bridgehead atoms. The third kappa shape index (κ3) is 2.59. The number of aryl methyl sites for hydroxylation is 1. The maximum Gasteiger partial charge on any atom is 0.123 e. The van der Waals surface area contributed by atoms with Crippen molar-refractivity contribution in [2.45, 2.75) is 19.4 Å². The minimum atomic E-state index is 0.435. The summed E-state index contributed by atoms with van der Waals surface area (Å²) in [6.07, 6.45) is 1.86. The van der Waals surface area contributed by atoms with E-state index >= 15 is 0 Å². The molecule has 4 nitrogen and oxygen atoms in total. The van der Waals surface area contributed by atoms with Crippen molar-refractivity contribution in [1.82, 2.24) is 19.9 Å². The largest absolute Gasteiger partial charge is 0.330 e. The summed E-state index contributed by atoms with van der Waals surface area (Å²) in [4.78, 5) is 9.01. The van der Waals surface area contributed by atoms with Crippen molar-refractivity contribution >= 4 is 22.4 Å². The highest BCUT2D eigenvalue weighted by atomic mass is 32.1. The van der Waals surface area contributed by atoms with E-state index in [2.05, 4.69) is 46.0 Å². The first-order chi connectivity index (χ1) is 9.75. The predicted molar refractivity (Wildman–Crippen MR) is 82.9 cm³/mol. The summed E-state index contributed by atoms with van der Waals surface area (Å²) in [5, 5.41) is 6.68. The molecule has 5 heteroatoms. The fourth-order valence-corrected chi connectivity index (χ4v) is 3.02. The van der Waals surface area contributed by atoms with Crippen LogP contribution in [0.5, 0.6) is 0 Å². The zero-order valence-electron chi connectivity index (χ0n) is 11.7. The highest BCUT2D eigenvalue weighted by molar-refractivity contribution is 7.09. The van der Waals surface area contributed by atoms with Gasteiger partial charge in [0.15, 0.2) is 0 Å². The summed E-state index contributed by atoms with van der Waals surface area (Å²) >= 11 is 1.71. The normalized spacial score (nSPS) is 12.9. The van der Waals surface area contributed by atoms with Crippen LogP contribution < -0.4 is 5.32 Å². The number of para-hydroxylation sites is 2. The first kappa shape index (κ1) is 13.3. The standard InChI is InChI=1S/C15H18N4S/c1-11(15-17-7-8-20-15)9-16-10-14-18-12-5-3-4-6-13(12)19(14)2/h3-8,11,16H,9-10H2,1-2H3. The molecule has 1 unspecified atom stereocenters. The van der Waals surface area contributed by atoms with E-state index in [4.69, 9.17) is 0 Å². The average molecular weight is 286 g/mol. The van der Waals surface area contributed by atoms with Gasteiger partial charge in [0.2, 0.25) is 0 Å². The Balaban J connectivity index is 1.64. The number of benzene rings is 1. The van der Waals surface area contributed by atoms with Gasteiger partial charge in [0, 0.05) is 31.1 Å². The maximum atomic E-state index is 4.66. The molecule has 0 aliphatic carbocycles. The lowest BCUT2D eigenvalue weighted by molar-refractivity contribution is 0.589. The fraction of sp³-hybridized carbons (Fsp3) is 0.333. The quantitative estimate of drug-likeness (QED) is 0.784. The van der Waals surface area contributed by atoms with Gasteiger partial charge in [0.05, 0.1) is 22.6 Å². The second-order valence-electron chi connectivity index (χ2n) is 4.98. The van der Waals surface area contributed by atoms with Gasteiger partial charge in [-0.1, -0.05) is 19.1 Å². The SMILES string of the molecule is CC(CNCc1nc2ccccc2n1C)c1nccs1. The number of hydrogen-bond acceptors (Lipinski definition) is 4. The van der Waals surface area contributed by atoms with Crippen LogP contribution in [0.1, 0.15) is 23.7 Å². The molecule has 0 aliphatic rings. The molecule has 3 rings (SSSR count). The summed E-state index contributed by atoms with van der Waals surface area (Å²) in [7, 11) is 2.07. The number of nitrogens with one attached hydrogen (secondary N) is 1. The number of rotatable bonds is 5. The highest BCUT2D eigenvalue weighted by Gasteiger charge is 2.10. The van der Waals surface area contributed by atoms with E-state index in [9.17, 15) is 0 Å². The summed E-state index contributed by atoms with van der Waals surface area (Å²) in [5.41, 5.74) is 2.23. The van der Waals surface area contributed by atoms with Crippen LogP contribution in [0.3, 0.4) is 0 Å². The molecule has 104 valence electrons. The Kier molecular flexibility index (Phi) is 3.80. The number of imidazole rings is 1. The molecule has 2 aromatic heterocycles. The van der Waals surface area contributed by atoms with E-state index in [0.717, 1.165) is 24.4 Å². The molecule has 2 heterocycles. The molecule has 1 atom stereocenters. The molecular formula is C15H18N4S. The van der Waals surface area contributed by atoms with Crippen LogP contribution in [0.25, 0.3) is 11.0 Å². The Morgan fingerprint density at radius 3 is 2.95 bits per heavy atom. The van der Waals surface area contributed by atoms with Gasteiger partial charge in [-0.15, -0.1) is 11.3 Å². The number of nitrogens with zero attached hydrogens (tertiary/aromatic N) is 3. The van der Waals surface area contributed by atoms with E-state index in [1.807, 2.05) is 23.7 Å². The van der Waals surface area contributed by atoms with Gasteiger partial charge in [-0.05, 0) is 12.1 Å². The van der Waals surface area contributed by atoms with Crippen molar-refractivity contribution in [2.24, 2.45) is 7.05 Å². The fourth-order valence-electron chi connectivity index (χ4n) is 2.32. The van der Waals surface area contributed by atoms with Crippen LogP contribution in [0.15, 0.2) is 35.8 Å². The second kappa shape index (κ2) is 5.73. The first-order valence-electron chi connectivity index (χ1n) is 6.76. The zero-order chi connectivity index (χ0) is 13.9. The van der Waals surface area contributed by atoms with Crippen molar-refractivity contribution in [3.05, 3.63) is 46.7 Å². The minimum absolute atomic E-state index is 0.435. The number of thiazole rings is 1. The molecule has 0 radical (unpaired) electrons. The van der Waals surface area contributed by atoms with E-state index in [0.29, 0.717) is 5.92 Å². The van der Waals surface area contributed by atoms with Gasteiger partial charge in [0.25, 0.3) is 0 Å². The van der Waals surface area contributed by atoms with Crippen LogP contribution in [-0.2, 0) is 13.6 Å². The molecule has 0 saturated heterocycles. The highest BCUT2D eigenvalue weighted by Crippen LogP contribution is 2.17. The Hall–Kier alpha value is -1.72. The van der Waals surface area contributed by atoms with Crippen LogP contribution in [0.2, 0.25) is 0 Å². The third-order valence-corrected chi connectivity index (χ3v) is 4.49. The Morgan fingerprint density at radius 1 is 1.35 bits per heavy atom. The van der Waals surface area contributed by atoms with E-state index < -0.39 is 0 Å². The van der Waals surface area contributed by atoms with Gasteiger partial charge in [-0.25, -0.2) is 9.97 Å². The molecule has 1 N–H and O–H groups in total. The topological polar surface area (TPSA) is 42.7 Å². The molecule has 3 aromatic rings. The summed E-state index contributed by atoms with van der Waals surface area (Å²) < 4.78 is 2.15. The van der Waals surface area contributed by atoms with Gasteiger partial charge in [-0.2, -0.15) is 0 Å². The van der Waals surface area contributed by atoms with Crippen molar-refractivity contribution in [3.8, 4) is 0 Å². The van der Waals surface area contributed by atoms with Gasteiger partial charge in [0.1, 0.15) is 5.82 Å². The van der Waals surface area contributed by atoms with Crippen molar-refractivity contribution in [1.29, 1.82) is 0 Å². The van der Waals surface area contributed by atoms with Crippen LogP contribution in [0.4, 0.5) is 0 Å². The Bertz CT molecular complexity index is 687. The van der Waals surface area contributed by atoms with Gasteiger partial charge in [-0.3, -0.25) is 0 Å². The average Bonchev–Trinajstić information content (AvgIpc) is 3.09. The number of hydrogen-bond donors (Lipinski definition) is 1. The summed E-state index contributed by atoms with van der Waals surface area (Å²) in [6.45, 7) is 3.89. The molecule has 0 fully saturated rings. The first-order valence-corrected chi connectivity index (χ1v) is 7.64. The second-order valence-corrected chi connectivity index (χ2v) is 5.90. The molecule has 0 aliphatic heterocycles. The smallest absolute Gasteiger partial charge is 0.123 e. The van der Waals surface area contributed by atoms with Crippen LogP contribution in [0, 0.1) is 0 Å². The molecule has 0 spiro atoms. The molecule has 0 saturated carbocycles. The van der Waals surface area contributed by atoms with Crippen molar-refractivity contribution < 1.29 is 0 Å². The summed E-state index contributed by atoms with van der Waals surface area (Å²) in [5.74, 6) is 1.50. The van der Waals surface area contributed by atoms with E-state index in [-0.39, 0.29) is 0 Å². The van der Waals surface area contributed by atoms with Gasteiger partial charge >= 0.3 is 0 Å². The molecule has 0 amide bonds. The predicted octanol–water partition coefficient (Wildman–Crippen LogP) is 2.92. The van der Waals surface area contributed by atoms with Crippen molar-refractivity contribution in [2.75, 3.05) is 6.54 Å². The Morgan fingerprint density at radius 2 is 2.20 bits per heavy atom. The van der Waals surface area contributed by atoms with Crippen LogP contribution in [-0.4, -0.2) is 21.1 Å². The Labute approximate surface area is 122 Å². The lowest BCUT2D eigenvalue weighted by Crippen LogP contribution is -2.21. The third-order valence-electron chi connectivity index (χ3n) is 3.49. The summed E-state index contributed by atoms with van der Waals surface area (Å²) in [6, 6.07) is 8.23. The lowest BCUT2D eigenvalue weighted by Gasteiger charge is -2.09. The molecular weight excluding hydrogens is 268 g/mol. The van der Waals surface area contributed by atoms with E-state index in [1.54, 1.807) is 11.3 Å².